The summed E-state index contributed by atoms with van der Waals surface area (Å²) < 4.78 is 0. The molecule has 0 aliphatic carbocycles. The number of nitrogens with one attached hydrogen (secondary N) is 1. The lowest BCUT2D eigenvalue weighted by Crippen LogP contribution is -2.40. The van der Waals surface area contributed by atoms with Crippen molar-refractivity contribution < 1.29 is 9.59 Å². The van der Waals surface area contributed by atoms with Crippen LogP contribution < -0.4 is 5.32 Å². The van der Waals surface area contributed by atoms with E-state index in [2.05, 4.69) is 20.3 Å². The molecule has 1 N–H and O–H groups in total. The smallest absolute Gasteiger partial charge is 0.269 e. The highest BCUT2D eigenvalue weighted by Crippen LogP contribution is 2.21. The topological polar surface area (TPSA) is 88.1 Å². The van der Waals surface area contributed by atoms with Gasteiger partial charge in [-0.05, 0) is 43.4 Å². The number of pyridine rings is 1. The third-order valence-electron chi connectivity index (χ3n) is 4.41. The van der Waals surface area contributed by atoms with Gasteiger partial charge in [-0.2, -0.15) is 0 Å². The Labute approximate surface area is 146 Å². The molecule has 0 spiro atoms. The van der Waals surface area contributed by atoms with Gasteiger partial charge in [-0.15, -0.1) is 0 Å². The Morgan fingerprint density at radius 1 is 1.28 bits per heavy atom. The quantitative estimate of drug-likeness (QED) is 0.908. The largest absolute Gasteiger partial charge is 0.354 e. The molecule has 2 amide bonds. The fourth-order valence-electron chi connectivity index (χ4n) is 3.15. The van der Waals surface area contributed by atoms with Crippen molar-refractivity contribution in [3.8, 4) is 0 Å². The molecule has 7 heteroatoms. The van der Waals surface area contributed by atoms with Crippen LogP contribution in [0.5, 0.6) is 0 Å². The predicted octanol–water partition coefficient (Wildman–Crippen LogP) is 1.33. The van der Waals surface area contributed by atoms with E-state index in [1.807, 2.05) is 4.90 Å². The molecule has 1 fully saturated rings. The highest BCUT2D eigenvalue weighted by Gasteiger charge is 2.25. The zero-order valence-corrected chi connectivity index (χ0v) is 14.2. The van der Waals surface area contributed by atoms with Crippen LogP contribution in [0.25, 0.3) is 0 Å². The van der Waals surface area contributed by atoms with Gasteiger partial charge in [0.05, 0.1) is 0 Å². The summed E-state index contributed by atoms with van der Waals surface area (Å²) in [6, 6.07) is 5.21. The normalized spacial score (nSPS) is 17.2. The predicted molar refractivity (Wildman–Crippen MR) is 92.0 cm³/mol. The maximum atomic E-state index is 12.6. The van der Waals surface area contributed by atoms with E-state index in [0.717, 1.165) is 31.5 Å². The molecule has 1 atom stereocenters. The number of carbonyl (C=O) groups is 2. The number of hydrogen-bond donors (Lipinski definition) is 1. The molecule has 1 aliphatic rings. The van der Waals surface area contributed by atoms with Crippen molar-refractivity contribution >= 4 is 11.8 Å². The summed E-state index contributed by atoms with van der Waals surface area (Å²) >= 11 is 0. The number of hydrogen-bond acceptors (Lipinski definition) is 5. The number of rotatable bonds is 4. The van der Waals surface area contributed by atoms with Crippen LogP contribution in [-0.2, 0) is 6.42 Å². The number of nitrogens with zero attached hydrogens (tertiary/aromatic N) is 4. The van der Waals surface area contributed by atoms with E-state index in [1.165, 1.54) is 6.33 Å². The molecule has 0 bridgehead atoms. The second-order valence-electron chi connectivity index (χ2n) is 6.17. The Morgan fingerprint density at radius 3 is 2.84 bits per heavy atom. The van der Waals surface area contributed by atoms with E-state index >= 15 is 0 Å². The van der Waals surface area contributed by atoms with Crippen molar-refractivity contribution in [2.75, 3.05) is 20.1 Å². The minimum atomic E-state index is -0.221. The minimum Gasteiger partial charge on any atom is -0.354 e. The van der Waals surface area contributed by atoms with Crippen LogP contribution in [0, 0.1) is 5.92 Å². The molecular weight excluding hydrogens is 318 g/mol. The molecule has 130 valence electrons. The average Bonchev–Trinajstić information content (AvgIpc) is 2.68. The molecule has 0 unspecified atom stereocenters. The maximum Gasteiger partial charge on any atom is 0.269 e. The Bertz CT molecular complexity index is 750. The molecule has 0 aromatic carbocycles. The van der Waals surface area contributed by atoms with Crippen molar-refractivity contribution in [2.24, 2.45) is 5.92 Å². The highest BCUT2D eigenvalue weighted by molar-refractivity contribution is 5.94. The minimum absolute atomic E-state index is 0.0424. The monoisotopic (exact) mass is 339 g/mol. The first-order valence-corrected chi connectivity index (χ1v) is 8.39. The molecule has 0 radical (unpaired) electrons. The summed E-state index contributed by atoms with van der Waals surface area (Å²) in [5.74, 6) is 0.148. The molecule has 2 aromatic rings. The highest BCUT2D eigenvalue weighted by atomic mass is 16.2. The number of amides is 2. The third kappa shape index (κ3) is 4.17. The summed E-state index contributed by atoms with van der Waals surface area (Å²) in [4.78, 5) is 38.4. The standard InChI is InChI=1S/C18H21N5O2/c1-19-17(24)16-10-15(21-12-22-16)9-13-3-2-8-23(11-13)18(25)14-4-6-20-7-5-14/h4-7,10,12-13H,2-3,8-9,11H2,1H3,(H,19,24)/t13-/m0/s1. The molecule has 1 aliphatic heterocycles. The Kier molecular flexibility index (Phi) is 5.33. The summed E-state index contributed by atoms with van der Waals surface area (Å²) in [5.41, 5.74) is 1.87. The van der Waals surface area contributed by atoms with Gasteiger partial charge in [-0.1, -0.05) is 0 Å². The van der Waals surface area contributed by atoms with Gasteiger partial charge >= 0.3 is 0 Å². The van der Waals surface area contributed by atoms with E-state index in [0.29, 0.717) is 23.7 Å². The maximum absolute atomic E-state index is 12.6. The first-order chi connectivity index (χ1) is 12.2. The van der Waals surface area contributed by atoms with Crippen molar-refractivity contribution in [3.05, 3.63) is 53.9 Å². The molecule has 3 rings (SSSR count). The molecular formula is C18H21N5O2. The van der Waals surface area contributed by atoms with E-state index in [1.54, 1.807) is 37.6 Å². The number of aromatic nitrogens is 3. The van der Waals surface area contributed by atoms with Crippen molar-refractivity contribution in [3.63, 3.8) is 0 Å². The van der Waals surface area contributed by atoms with Gasteiger partial charge in [0, 0.05) is 43.8 Å². The van der Waals surface area contributed by atoms with Crippen LogP contribution in [0.3, 0.4) is 0 Å². The van der Waals surface area contributed by atoms with Gasteiger partial charge in [0.25, 0.3) is 11.8 Å². The summed E-state index contributed by atoms with van der Waals surface area (Å²) in [6.45, 7) is 1.46. The summed E-state index contributed by atoms with van der Waals surface area (Å²) in [6.07, 6.45) is 7.43. The van der Waals surface area contributed by atoms with Gasteiger partial charge in [-0.3, -0.25) is 14.6 Å². The molecule has 1 saturated heterocycles. The Hall–Kier alpha value is -2.83. The van der Waals surface area contributed by atoms with Gasteiger partial charge < -0.3 is 10.2 Å². The van der Waals surface area contributed by atoms with Crippen molar-refractivity contribution in [1.29, 1.82) is 0 Å². The van der Waals surface area contributed by atoms with Gasteiger partial charge in [0.15, 0.2) is 0 Å². The second-order valence-corrected chi connectivity index (χ2v) is 6.17. The molecule has 0 saturated carbocycles. The first kappa shape index (κ1) is 17.0. The molecule has 3 heterocycles. The molecule has 7 nitrogen and oxygen atoms in total. The van der Waals surface area contributed by atoms with Crippen LogP contribution in [0.4, 0.5) is 0 Å². The van der Waals surface area contributed by atoms with E-state index < -0.39 is 0 Å². The van der Waals surface area contributed by atoms with Crippen LogP contribution in [0.2, 0.25) is 0 Å². The zero-order chi connectivity index (χ0) is 17.6. The Balaban J connectivity index is 1.66. The Morgan fingerprint density at radius 2 is 2.08 bits per heavy atom. The summed E-state index contributed by atoms with van der Waals surface area (Å²) in [7, 11) is 1.58. The van der Waals surface area contributed by atoms with Crippen LogP contribution in [0.15, 0.2) is 36.9 Å². The number of piperidine rings is 1. The lowest BCUT2D eigenvalue weighted by Gasteiger charge is -2.32. The van der Waals surface area contributed by atoms with Gasteiger partial charge in [0.2, 0.25) is 0 Å². The van der Waals surface area contributed by atoms with E-state index in [4.69, 9.17) is 0 Å². The molecule has 25 heavy (non-hydrogen) atoms. The SMILES string of the molecule is CNC(=O)c1cc(C[C@@H]2CCCN(C(=O)c3ccncc3)C2)ncn1. The lowest BCUT2D eigenvalue weighted by molar-refractivity contribution is 0.0672. The van der Waals surface area contributed by atoms with Crippen molar-refractivity contribution in [2.45, 2.75) is 19.3 Å². The van der Waals surface area contributed by atoms with Crippen LogP contribution in [-0.4, -0.2) is 51.8 Å². The lowest BCUT2D eigenvalue weighted by atomic mass is 9.92. The fourth-order valence-corrected chi connectivity index (χ4v) is 3.15. The van der Waals surface area contributed by atoms with Crippen molar-refractivity contribution in [1.82, 2.24) is 25.2 Å². The third-order valence-corrected chi connectivity index (χ3v) is 4.41. The van der Waals surface area contributed by atoms with Crippen LogP contribution >= 0.6 is 0 Å². The second kappa shape index (κ2) is 7.83. The van der Waals surface area contributed by atoms with E-state index in [9.17, 15) is 9.59 Å². The fraction of sp³-hybridized carbons (Fsp3) is 0.389. The van der Waals surface area contributed by atoms with Crippen LogP contribution in [0.1, 0.15) is 39.4 Å². The zero-order valence-electron chi connectivity index (χ0n) is 14.2. The van der Waals surface area contributed by atoms with Gasteiger partial charge in [0.1, 0.15) is 12.0 Å². The number of carbonyl (C=O) groups excluding carboxylic acids is 2. The first-order valence-electron chi connectivity index (χ1n) is 8.39. The van der Waals surface area contributed by atoms with E-state index in [-0.39, 0.29) is 11.8 Å². The molecule has 2 aromatic heterocycles. The average molecular weight is 339 g/mol. The summed E-state index contributed by atoms with van der Waals surface area (Å²) in [5, 5.41) is 2.57. The number of likely N-dealkylation sites (tertiary alicyclic amines) is 1. The van der Waals surface area contributed by atoms with Gasteiger partial charge in [-0.25, -0.2) is 9.97 Å².